The molecule has 1 aliphatic heterocycles. The van der Waals surface area contributed by atoms with Gasteiger partial charge in [0.05, 0.1) is 48.8 Å². The molecule has 1 N–H and O–H groups in total. The zero-order chi connectivity index (χ0) is 32.6. The van der Waals surface area contributed by atoms with Crippen LogP contribution in [0.15, 0.2) is 66.2 Å². The van der Waals surface area contributed by atoms with Gasteiger partial charge in [0.25, 0.3) is 5.78 Å². The van der Waals surface area contributed by atoms with Crippen molar-refractivity contribution in [1.29, 1.82) is 0 Å². The monoisotopic (exact) mass is 644 g/mol. The topological polar surface area (TPSA) is 107 Å². The summed E-state index contributed by atoms with van der Waals surface area (Å²) >= 11 is 1.27. The summed E-state index contributed by atoms with van der Waals surface area (Å²) in [5, 5.41) is 12.0. The number of anilines is 1. The predicted molar refractivity (Wildman–Crippen MR) is 180 cm³/mol. The third-order valence-electron chi connectivity index (χ3n) is 7.69. The first-order chi connectivity index (χ1) is 22.4. The third kappa shape index (κ3) is 6.97. The molecule has 1 aliphatic rings. The number of aromatic nitrogens is 1. The van der Waals surface area contributed by atoms with E-state index in [9.17, 15) is 14.7 Å². The normalized spacial score (nSPS) is 15.8. The highest BCUT2D eigenvalue weighted by molar-refractivity contribution is 7.22. The summed E-state index contributed by atoms with van der Waals surface area (Å²) in [4.78, 5) is 33.8. The fraction of sp³-hybridized carbons (Fsp3) is 0.361. The van der Waals surface area contributed by atoms with Crippen LogP contribution in [0.1, 0.15) is 70.0 Å². The van der Waals surface area contributed by atoms with Crippen molar-refractivity contribution in [3.63, 3.8) is 0 Å². The van der Waals surface area contributed by atoms with Gasteiger partial charge in [-0.05, 0) is 67.8 Å². The zero-order valence-corrected chi connectivity index (χ0v) is 27.5. The Balaban J connectivity index is 1.62. The number of unbranched alkanes of at least 4 members (excludes halogenated alkanes) is 3. The number of aliphatic hydroxyl groups is 1. The van der Waals surface area contributed by atoms with Crippen LogP contribution in [0, 0.1) is 0 Å². The number of hydrogen-bond acceptors (Lipinski definition) is 9. The largest absolute Gasteiger partial charge is 0.507 e. The molecule has 1 fully saturated rings. The molecule has 46 heavy (non-hydrogen) atoms. The van der Waals surface area contributed by atoms with Gasteiger partial charge in [0, 0.05) is 5.56 Å². The van der Waals surface area contributed by atoms with Crippen molar-refractivity contribution >= 4 is 44.1 Å². The zero-order valence-electron chi connectivity index (χ0n) is 26.7. The van der Waals surface area contributed by atoms with Crippen LogP contribution in [-0.4, -0.2) is 48.7 Å². The smallest absolute Gasteiger partial charge is 0.301 e. The predicted octanol–water partition coefficient (Wildman–Crippen LogP) is 8.08. The molecule has 0 aliphatic carbocycles. The summed E-state index contributed by atoms with van der Waals surface area (Å²) in [7, 11) is 1.54. The van der Waals surface area contributed by atoms with Crippen LogP contribution in [0.25, 0.3) is 16.0 Å². The summed E-state index contributed by atoms with van der Waals surface area (Å²) in [6.07, 6.45) is 4.90. The number of methoxy groups -OCH3 is 1. The highest BCUT2D eigenvalue weighted by atomic mass is 32.1. The molecule has 9 nitrogen and oxygen atoms in total. The first kappa shape index (κ1) is 32.8. The third-order valence-corrected chi connectivity index (χ3v) is 8.71. The van der Waals surface area contributed by atoms with E-state index >= 15 is 0 Å². The molecule has 4 aromatic rings. The molecule has 5 rings (SSSR count). The van der Waals surface area contributed by atoms with Gasteiger partial charge in [-0.1, -0.05) is 62.6 Å². The standard InChI is InChI=1S/C36H40N2O7S/c1-5-8-10-19-45-28-17-14-23(21-29(28)42-4)32-31(33(39)24-12-11-13-25(20-24)44-18-9-6-2)34(40)35(41)38(32)36-37-27-16-15-26(43-7-3)22-30(27)46-36/h11-17,20-22,32,39H,5-10,18-19H2,1-4H3. The molecule has 1 amide bonds. The van der Waals surface area contributed by atoms with E-state index in [1.807, 2.05) is 25.1 Å². The van der Waals surface area contributed by atoms with Crippen LogP contribution < -0.4 is 23.8 Å². The lowest BCUT2D eigenvalue weighted by Gasteiger charge is -2.24. The lowest BCUT2D eigenvalue weighted by Crippen LogP contribution is -2.29. The van der Waals surface area contributed by atoms with Crippen LogP contribution in [0.5, 0.6) is 23.0 Å². The number of ether oxygens (including phenoxy) is 4. The summed E-state index contributed by atoms with van der Waals surface area (Å²) in [6, 6.07) is 16.7. The van der Waals surface area contributed by atoms with E-state index in [4.69, 9.17) is 23.9 Å². The Hall–Kier alpha value is -4.57. The molecule has 0 radical (unpaired) electrons. The average Bonchev–Trinajstić information content (AvgIpc) is 3.60. The highest BCUT2D eigenvalue weighted by Gasteiger charge is 2.48. The van der Waals surface area contributed by atoms with Gasteiger partial charge in [-0.25, -0.2) is 4.98 Å². The van der Waals surface area contributed by atoms with Crippen LogP contribution in [0.4, 0.5) is 5.13 Å². The maximum absolute atomic E-state index is 13.8. The second kappa shape index (κ2) is 15.1. The Morgan fingerprint density at radius 2 is 1.65 bits per heavy atom. The van der Waals surface area contributed by atoms with Crippen molar-refractivity contribution in [3.8, 4) is 23.0 Å². The summed E-state index contributed by atoms with van der Waals surface area (Å²) in [5.41, 5.74) is 1.53. The molecule has 0 saturated carbocycles. The molecule has 242 valence electrons. The molecule has 1 atom stereocenters. The number of ketones is 1. The van der Waals surface area contributed by atoms with Crippen molar-refractivity contribution in [3.05, 3.63) is 77.4 Å². The molecule has 10 heteroatoms. The van der Waals surface area contributed by atoms with Crippen molar-refractivity contribution in [2.75, 3.05) is 31.8 Å². The van der Waals surface area contributed by atoms with Gasteiger partial charge >= 0.3 is 5.91 Å². The quantitative estimate of drug-likeness (QED) is 0.0599. The van der Waals surface area contributed by atoms with Crippen molar-refractivity contribution in [1.82, 2.24) is 4.98 Å². The Morgan fingerprint density at radius 1 is 0.870 bits per heavy atom. The van der Waals surface area contributed by atoms with Crippen molar-refractivity contribution < 1.29 is 33.6 Å². The van der Waals surface area contributed by atoms with E-state index < -0.39 is 17.7 Å². The number of thiazole rings is 1. The van der Waals surface area contributed by atoms with Gasteiger partial charge in [0.2, 0.25) is 0 Å². The molecule has 1 unspecified atom stereocenters. The number of amides is 1. The van der Waals surface area contributed by atoms with Crippen LogP contribution in [0.2, 0.25) is 0 Å². The fourth-order valence-electron chi connectivity index (χ4n) is 5.33. The Kier molecular flexibility index (Phi) is 10.8. The minimum Gasteiger partial charge on any atom is -0.507 e. The average molecular weight is 645 g/mol. The molecule has 2 heterocycles. The highest BCUT2D eigenvalue weighted by Crippen LogP contribution is 2.46. The number of rotatable bonds is 15. The van der Waals surface area contributed by atoms with Crippen LogP contribution in [0.3, 0.4) is 0 Å². The van der Waals surface area contributed by atoms with Crippen LogP contribution in [-0.2, 0) is 9.59 Å². The number of benzene rings is 3. The number of carbonyl (C=O) groups excluding carboxylic acids is 2. The minimum absolute atomic E-state index is 0.0522. The molecule has 1 aromatic heterocycles. The van der Waals surface area contributed by atoms with Gasteiger partial charge in [-0.15, -0.1) is 0 Å². The fourth-order valence-corrected chi connectivity index (χ4v) is 6.35. The number of fused-ring (bicyclic) bond motifs is 1. The van der Waals surface area contributed by atoms with E-state index in [0.717, 1.165) is 36.8 Å². The lowest BCUT2D eigenvalue weighted by molar-refractivity contribution is -0.132. The first-order valence-corrected chi connectivity index (χ1v) is 16.6. The second-order valence-electron chi connectivity index (χ2n) is 10.9. The van der Waals surface area contributed by atoms with Crippen molar-refractivity contribution in [2.24, 2.45) is 0 Å². The summed E-state index contributed by atoms with van der Waals surface area (Å²) in [6.45, 7) is 7.69. The van der Waals surface area contributed by atoms with E-state index in [0.29, 0.717) is 64.6 Å². The Bertz CT molecular complexity index is 1730. The minimum atomic E-state index is -0.986. The SMILES string of the molecule is CCCCCOc1ccc(C2C(=C(O)c3cccc(OCCCC)c3)C(=O)C(=O)N2c2nc3ccc(OCC)cc3s2)cc1OC. The maximum atomic E-state index is 13.8. The Labute approximate surface area is 273 Å². The van der Waals surface area contributed by atoms with E-state index in [1.54, 1.807) is 49.6 Å². The molecular weight excluding hydrogens is 604 g/mol. The van der Waals surface area contributed by atoms with Gasteiger partial charge < -0.3 is 24.1 Å². The van der Waals surface area contributed by atoms with Gasteiger partial charge in [0.1, 0.15) is 17.3 Å². The molecule has 0 spiro atoms. The van der Waals surface area contributed by atoms with Gasteiger partial charge in [0.15, 0.2) is 16.6 Å². The Morgan fingerprint density at radius 3 is 2.41 bits per heavy atom. The number of hydrogen-bond donors (Lipinski definition) is 1. The number of nitrogens with zero attached hydrogens (tertiary/aromatic N) is 2. The molecule has 1 saturated heterocycles. The van der Waals surface area contributed by atoms with Gasteiger partial charge in [-0.2, -0.15) is 0 Å². The number of aliphatic hydroxyl groups excluding tert-OH is 1. The summed E-state index contributed by atoms with van der Waals surface area (Å²) < 4.78 is 24.0. The molecular formula is C36H40N2O7S. The maximum Gasteiger partial charge on any atom is 0.301 e. The number of Topliss-reactive ketones (excluding diaryl/α,β-unsaturated/α-hetero) is 1. The number of carbonyl (C=O) groups is 2. The summed E-state index contributed by atoms with van der Waals surface area (Å²) in [5.74, 6) is 0.356. The van der Waals surface area contributed by atoms with Gasteiger partial charge in [-0.3, -0.25) is 14.5 Å². The lowest BCUT2D eigenvalue weighted by atomic mass is 9.95. The molecule has 3 aromatic carbocycles. The van der Waals surface area contributed by atoms with E-state index in [1.165, 1.54) is 16.2 Å². The van der Waals surface area contributed by atoms with Crippen LogP contribution >= 0.6 is 11.3 Å². The second-order valence-corrected chi connectivity index (χ2v) is 11.9. The van der Waals surface area contributed by atoms with E-state index in [2.05, 4.69) is 13.8 Å². The van der Waals surface area contributed by atoms with Crippen molar-refractivity contribution in [2.45, 2.75) is 58.9 Å². The first-order valence-electron chi connectivity index (χ1n) is 15.8. The molecule has 0 bridgehead atoms. The van der Waals surface area contributed by atoms with E-state index in [-0.39, 0.29) is 11.3 Å².